The molecule has 6 nitrogen and oxygen atoms in total. The molecule has 0 aliphatic carbocycles. The monoisotopic (exact) mass is 313 g/mol. The maximum absolute atomic E-state index is 12.3. The van der Waals surface area contributed by atoms with Crippen molar-refractivity contribution in [2.24, 2.45) is 13.0 Å². The predicted octanol–water partition coefficient (Wildman–Crippen LogP) is 1.77. The first kappa shape index (κ1) is 15.5. The van der Waals surface area contributed by atoms with Crippen molar-refractivity contribution in [2.75, 3.05) is 24.5 Å². The normalized spacial score (nSPS) is 18.0. The third kappa shape index (κ3) is 3.70. The van der Waals surface area contributed by atoms with E-state index in [0.29, 0.717) is 18.0 Å². The second kappa shape index (κ2) is 6.81. The van der Waals surface area contributed by atoms with Gasteiger partial charge in [0.25, 0.3) is 5.91 Å². The van der Waals surface area contributed by atoms with Crippen molar-refractivity contribution in [1.29, 1.82) is 0 Å². The number of pyridine rings is 1. The SMILES string of the molecule is Cc1nn(C)cc1C(=O)NCC1CCCN(c2ccncc2)C1. The van der Waals surface area contributed by atoms with E-state index in [4.69, 9.17) is 0 Å². The summed E-state index contributed by atoms with van der Waals surface area (Å²) in [4.78, 5) is 18.7. The van der Waals surface area contributed by atoms with Gasteiger partial charge in [0.05, 0.1) is 11.3 Å². The molecular formula is C17H23N5O. The lowest BCUT2D eigenvalue weighted by Crippen LogP contribution is -2.41. The highest BCUT2D eigenvalue weighted by Crippen LogP contribution is 2.22. The first-order chi connectivity index (χ1) is 11.1. The molecule has 0 radical (unpaired) electrons. The molecule has 3 heterocycles. The van der Waals surface area contributed by atoms with Crippen molar-refractivity contribution in [3.63, 3.8) is 0 Å². The minimum absolute atomic E-state index is 0.0309. The zero-order valence-corrected chi connectivity index (χ0v) is 13.7. The molecule has 1 amide bonds. The molecule has 0 spiro atoms. The molecule has 2 aromatic rings. The molecule has 1 N–H and O–H groups in total. The van der Waals surface area contributed by atoms with Gasteiger partial charge in [0.15, 0.2) is 0 Å². The fraction of sp³-hybridized carbons (Fsp3) is 0.471. The van der Waals surface area contributed by atoms with Gasteiger partial charge in [-0.25, -0.2) is 0 Å². The number of aryl methyl sites for hydroxylation is 2. The van der Waals surface area contributed by atoms with Crippen molar-refractivity contribution in [1.82, 2.24) is 20.1 Å². The zero-order valence-electron chi connectivity index (χ0n) is 13.7. The van der Waals surface area contributed by atoms with Gasteiger partial charge in [-0.3, -0.25) is 14.5 Å². The minimum atomic E-state index is -0.0309. The van der Waals surface area contributed by atoms with E-state index in [2.05, 4.69) is 20.3 Å². The van der Waals surface area contributed by atoms with Crippen LogP contribution in [0.4, 0.5) is 5.69 Å². The van der Waals surface area contributed by atoms with Crippen molar-refractivity contribution in [3.05, 3.63) is 42.0 Å². The summed E-state index contributed by atoms with van der Waals surface area (Å²) in [5.41, 5.74) is 2.64. The van der Waals surface area contributed by atoms with Gasteiger partial charge >= 0.3 is 0 Å². The van der Waals surface area contributed by atoms with Crippen LogP contribution in [-0.2, 0) is 7.05 Å². The third-order valence-corrected chi connectivity index (χ3v) is 4.36. The van der Waals surface area contributed by atoms with Crippen LogP contribution in [0.5, 0.6) is 0 Å². The van der Waals surface area contributed by atoms with Gasteiger partial charge in [0.2, 0.25) is 0 Å². The van der Waals surface area contributed by atoms with Gasteiger partial charge in [-0.15, -0.1) is 0 Å². The van der Waals surface area contributed by atoms with E-state index in [0.717, 1.165) is 31.6 Å². The molecular weight excluding hydrogens is 290 g/mol. The predicted molar refractivity (Wildman–Crippen MR) is 89.5 cm³/mol. The summed E-state index contributed by atoms with van der Waals surface area (Å²) >= 11 is 0. The van der Waals surface area contributed by atoms with Gasteiger partial charge in [-0.2, -0.15) is 5.10 Å². The Bertz CT molecular complexity index is 667. The van der Waals surface area contributed by atoms with Gasteiger partial charge < -0.3 is 10.2 Å². The fourth-order valence-electron chi connectivity index (χ4n) is 3.18. The quantitative estimate of drug-likeness (QED) is 0.934. The molecule has 6 heteroatoms. The summed E-state index contributed by atoms with van der Waals surface area (Å²) in [5, 5.41) is 7.28. The number of nitrogens with one attached hydrogen (secondary N) is 1. The number of nitrogens with zero attached hydrogens (tertiary/aromatic N) is 4. The first-order valence-electron chi connectivity index (χ1n) is 8.07. The number of piperidine rings is 1. The molecule has 2 aromatic heterocycles. The van der Waals surface area contributed by atoms with Crippen LogP contribution in [0.1, 0.15) is 28.9 Å². The van der Waals surface area contributed by atoms with E-state index in [9.17, 15) is 4.79 Å². The maximum atomic E-state index is 12.3. The third-order valence-electron chi connectivity index (χ3n) is 4.36. The van der Waals surface area contributed by atoms with E-state index in [-0.39, 0.29) is 5.91 Å². The van der Waals surface area contributed by atoms with Crippen LogP contribution < -0.4 is 10.2 Å². The number of amides is 1. The molecule has 0 bridgehead atoms. The average molecular weight is 313 g/mol. The van der Waals surface area contributed by atoms with Crippen LogP contribution >= 0.6 is 0 Å². The van der Waals surface area contributed by atoms with Crippen molar-refractivity contribution in [3.8, 4) is 0 Å². The van der Waals surface area contributed by atoms with Crippen LogP contribution in [0.2, 0.25) is 0 Å². The van der Waals surface area contributed by atoms with E-state index in [1.807, 2.05) is 38.5 Å². The summed E-state index contributed by atoms with van der Waals surface area (Å²) in [5.74, 6) is 0.439. The van der Waals surface area contributed by atoms with Crippen LogP contribution in [-0.4, -0.2) is 40.3 Å². The topological polar surface area (TPSA) is 63.1 Å². The highest BCUT2D eigenvalue weighted by molar-refractivity contribution is 5.94. The van der Waals surface area contributed by atoms with Crippen molar-refractivity contribution < 1.29 is 4.79 Å². The van der Waals surface area contributed by atoms with Crippen LogP contribution in [0.3, 0.4) is 0 Å². The maximum Gasteiger partial charge on any atom is 0.254 e. The average Bonchev–Trinajstić information content (AvgIpc) is 2.92. The Labute approximate surface area is 136 Å². The highest BCUT2D eigenvalue weighted by Gasteiger charge is 2.21. The highest BCUT2D eigenvalue weighted by atomic mass is 16.1. The number of hydrogen-bond donors (Lipinski definition) is 1. The lowest BCUT2D eigenvalue weighted by atomic mass is 9.97. The van der Waals surface area contributed by atoms with Crippen molar-refractivity contribution >= 4 is 11.6 Å². The minimum Gasteiger partial charge on any atom is -0.371 e. The molecule has 23 heavy (non-hydrogen) atoms. The summed E-state index contributed by atoms with van der Waals surface area (Å²) in [6, 6.07) is 4.08. The van der Waals surface area contributed by atoms with E-state index in [1.54, 1.807) is 10.9 Å². The number of hydrogen-bond acceptors (Lipinski definition) is 4. The Kier molecular flexibility index (Phi) is 4.60. The zero-order chi connectivity index (χ0) is 16.2. The summed E-state index contributed by atoms with van der Waals surface area (Å²) < 4.78 is 1.68. The summed E-state index contributed by atoms with van der Waals surface area (Å²) in [6.07, 6.45) is 7.72. The molecule has 1 aliphatic rings. The number of aromatic nitrogens is 3. The van der Waals surface area contributed by atoms with Crippen LogP contribution in [0.25, 0.3) is 0 Å². The van der Waals surface area contributed by atoms with Crippen LogP contribution in [0.15, 0.2) is 30.7 Å². The molecule has 1 fully saturated rings. The van der Waals surface area contributed by atoms with E-state index < -0.39 is 0 Å². The molecule has 0 aromatic carbocycles. The van der Waals surface area contributed by atoms with Gasteiger partial charge in [-0.1, -0.05) is 0 Å². The fourth-order valence-corrected chi connectivity index (χ4v) is 3.18. The molecule has 1 saturated heterocycles. The van der Waals surface area contributed by atoms with Crippen molar-refractivity contribution in [2.45, 2.75) is 19.8 Å². The molecule has 3 rings (SSSR count). The van der Waals surface area contributed by atoms with Gasteiger partial charge in [-0.05, 0) is 37.8 Å². The number of carbonyl (C=O) groups is 1. The smallest absolute Gasteiger partial charge is 0.254 e. The molecule has 122 valence electrons. The second-order valence-electron chi connectivity index (χ2n) is 6.17. The second-order valence-corrected chi connectivity index (χ2v) is 6.17. The standard InChI is InChI=1S/C17H23N5O/c1-13-16(12-21(2)20-13)17(23)19-10-14-4-3-9-22(11-14)15-5-7-18-8-6-15/h5-8,12,14H,3-4,9-11H2,1-2H3,(H,19,23). The van der Waals surface area contributed by atoms with E-state index >= 15 is 0 Å². The molecule has 1 aliphatic heterocycles. The Morgan fingerprint density at radius 2 is 2.17 bits per heavy atom. The first-order valence-corrected chi connectivity index (χ1v) is 8.07. The van der Waals surface area contributed by atoms with E-state index in [1.165, 1.54) is 5.69 Å². The number of anilines is 1. The molecule has 0 saturated carbocycles. The molecule has 1 atom stereocenters. The summed E-state index contributed by atoms with van der Waals surface area (Å²) in [7, 11) is 1.83. The Hall–Kier alpha value is -2.37. The van der Waals surface area contributed by atoms with Gasteiger partial charge in [0.1, 0.15) is 0 Å². The Morgan fingerprint density at radius 1 is 1.39 bits per heavy atom. The lowest BCUT2D eigenvalue weighted by molar-refractivity contribution is 0.0945. The Balaban J connectivity index is 1.56. The number of rotatable bonds is 4. The number of carbonyl (C=O) groups excluding carboxylic acids is 1. The van der Waals surface area contributed by atoms with Gasteiger partial charge in [0, 0.05) is 51.0 Å². The molecule has 1 unspecified atom stereocenters. The van der Waals surface area contributed by atoms with Crippen LogP contribution in [0, 0.1) is 12.8 Å². The lowest BCUT2D eigenvalue weighted by Gasteiger charge is -2.34. The Morgan fingerprint density at radius 3 is 2.87 bits per heavy atom. The largest absolute Gasteiger partial charge is 0.371 e. The summed E-state index contributed by atoms with van der Waals surface area (Å²) in [6.45, 7) is 4.60.